The lowest BCUT2D eigenvalue weighted by Crippen LogP contribution is -2.34. The third-order valence-electron chi connectivity index (χ3n) is 3.68. The van der Waals surface area contributed by atoms with Crippen LogP contribution in [0.3, 0.4) is 0 Å². The first-order valence-corrected chi connectivity index (χ1v) is 6.52. The molecule has 2 unspecified atom stereocenters. The molecule has 0 aliphatic carbocycles. The number of hydrogen-bond donors (Lipinski definition) is 0. The monoisotopic (exact) mass is 263 g/mol. The van der Waals surface area contributed by atoms with Gasteiger partial charge in [0.1, 0.15) is 6.07 Å². The molecule has 0 amide bonds. The molecule has 1 aromatic rings. The Morgan fingerprint density at radius 3 is 2.67 bits per heavy atom. The molecule has 0 saturated carbocycles. The van der Waals surface area contributed by atoms with Crippen LogP contribution in [0.1, 0.15) is 12.5 Å². The summed E-state index contributed by atoms with van der Waals surface area (Å²) >= 11 is 6.08. The van der Waals surface area contributed by atoms with Crippen LogP contribution in [0.5, 0.6) is 0 Å². The summed E-state index contributed by atoms with van der Waals surface area (Å²) in [5.41, 5.74) is 1.55. The Bertz CT molecular complexity index is 478. The second kappa shape index (κ2) is 5.17. The van der Waals surface area contributed by atoms with Gasteiger partial charge in [-0.1, -0.05) is 24.6 Å². The van der Waals surface area contributed by atoms with Gasteiger partial charge in [0.15, 0.2) is 0 Å². The summed E-state index contributed by atoms with van der Waals surface area (Å²) < 4.78 is 0. The Morgan fingerprint density at radius 1 is 1.39 bits per heavy atom. The predicted octanol–water partition coefficient (Wildman–Crippen LogP) is 2.60. The quantitative estimate of drug-likeness (QED) is 0.822. The third-order valence-corrected chi connectivity index (χ3v) is 4.00. The molecular formula is C14H18ClN3. The zero-order chi connectivity index (χ0) is 13.3. The second-order valence-corrected chi connectivity index (χ2v) is 5.57. The molecule has 1 aliphatic rings. The number of rotatable bonds is 2. The summed E-state index contributed by atoms with van der Waals surface area (Å²) in [6, 6.07) is 8.40. The Morgan fingerprint density at radius 2 is 2.11 bits per heavy atom. The molecule has 3 nitrogen and oxygen atoms in total. The van der Waals surface area contributed by atoms with Crippen molar-refractivity contribution < 1.29 is 0 Å². The molecular weight excluding hydrogens is 246 g/mol. The van der Waals surface area contributed by atoms with Gasteiger partial charge in [-0.05, 0) is 32.1 Å². The lowest BCUT2D eigenvalue weighted by Gasteiger charge is -2.23. The molecule has 1 aromatic carbocycles. The molecule has 1 fully saturated rings. The van der Waals surface area contributed by atoms with E-state index in [1.165, 1.54) is 0 Å². The van der Waals surface area contributed by atoms with Gasteiger partial charge in [-0.25, -0.2) is 0 Å². The summed E-state index contributed by atoms with van der Waals surface area (Å²) in [6.45, 7) is 4.17. The van der Waals surface area contributed by atoms with E-state index in [-0.39, 0.29) is 0 Å². The standard InChI is InChI=1S/C14H18ClN3/c1-10-8-18(9-14(10)17(2)3)13-6-4-5-12(15)11(13)7-16/h4-6,10,14H,8-9H2,1-3H3. The van der Waals surface area contributed by atoms with Gasteiger partial charge in [-0.2, -0.15) is 5.26 Å². The summed E-state index contributed by atoms with van der Waals surface area (Å²) in [5.74, 6) is 0.588. The van der Waals surface area contributed by atoms with Gasteiger partial charge in [0, 0.05) is 19.1 Å². The van der Waals surface area contributed by atoms with Gasteiger partial charge < -0.3 is 9.80 Å². The minimum absolute atomic E-state index is 0.524. The topological polar surface area (TPSA) is 30.3 Å². The third kappa shape index (κ3) is 2.31. The van der Waals surface area contributed by atoms with Gasteiger partial charge in [-0.3, -0.25) is 0 Å². The van der Waals surface area contributed by atoms with E-state index in [1.807, 2.05) is 12.1 Å². The highest BCUT2D eigenvalue weighted by Crippen LogP contribution is 2.31. The Hall–Kier alpha value is -1.24. The highest BCUT2D eigenvalue weighted by atomic mass is 35.5. The Balaban J connectivity index is 2.30. The minimum Gasteiger partial charge on any atom is -0.369 e. The summed E-state index contributed by atoms with van der Waals surface area (Å²) in [5, 5.41) is 9.77. The maximum absolute atomic E-state index is 9.23. The second-order valence-electron chi connectivity index (χ2n) is 5.16. The zero-order valence-electron chi connectivity index (χ0n) is 11.0. The molecule has 0 aromatic heterocycles. The fourth-order valence-electron chi connectivity index (χ4n) is 2.71. The zero-order valence-corrected chi connectivity index (χ0v) is 11.8. The van der Waals surface area contributed by atoms with Crippen molar-refractivity contribution in [3.05, 3.63) is 28.8 Å². The molecule has 2 atom stereocenters. The minimum atomic E-state index is 0.524. The van der Waals surface area contributed by atoms with Crippen LogP contribution >= 0.6 is 11.6 Å². The van der Waals surface area contributed by atoms with Crippen molar-refractivity contribution in [1.29, 1.82) is 5.26 Å². The van der Waals surface area contributed by atoms with Gasteiger partial charge in [-0.15, -0.1) is 0 Å². The Labute approximate surface area is 114 Å². The van der Waals surface area contributed by atoms with Crippen molar-refractivity contribution in [2.75, 3.05) is 32.1 Å². The average molecular weight is 264 g/mol. The molecule has 1 aliphatic heterocycles. The number of likely N-dealkylation sites (N-methyl/N-ethyl adjacent to an activating group) is 1. The number of halogens is 1. The lowest BCUT2D eigenvalue weighted by molar-refractivity contribution is 0.266. The smallest absolute Gasteiger partial charge is 0.103 e. The molecule has 0 radical (unpaired) electrons. The molecule has 1 saturated heterocycles. The van der Waals surface area contributed by atoms with Crippen molar-refractivity contribution in [2.24, 2.45) is 5.92 Å². The van der Waals surface area contributed by atoms with Crippen LogP contribution in [-0.2, 0) is 0 Å². The van der Waals surface area contributed by atoms with Crippen LogP contribution in [-0.4, -0.2) is 38.1 Å². The first-order chi connectivity index (χ1) is 8.54. The predicted molar refractivity (Wildman–Crippen MR) is 75.0 cm³/mol. The highest BCUT2D eigenvalue weighted by Gasteiger charge is 2.32. The van der Waals surface area contributed by atoms with Crippen LogP contribution in [0.4, 0.5) is 5.69 Å². The van der Waals surface area contributed by atoms with E-state index in [1.54, 1.807) is 6.07 Å². The number of nitriles is 1. The SMILES string of the molecule is CC1CN(c2cccc(Cl)c2C#N)CC1N(C)C. The van der Waals surface area contributed by atoms with E-state index < -0.39 is 0 Å². The number of nitrogens with zero attached hydrogens (tertiary/aromatic N) is 3. The van der Waals surface area contributed by atoms with E-state index in [4.69, 9.17) is 11.6 Å². The number of hydrogen-bond acceptors (Lipinski definition) is 3. The average Bonchev–Trinajstić information content (AvgIpc) is 2.71. The maximum atomic E-state index is 9.23. The maximum Gasteiger partial charge on any atom is 0.103 e. The van der Waals surface area contributed by atoms with Crippen LogP contribution in [0.2, 0.25) is 5.02 Å². The van der Waals surface area contributed by atoms with Gasteiger partial charge in [0.2, 0.25) is 0 Å². The summed E-state index contributed by atoms with van der Waals surface area (Å²) in [6.07, 6.45) is 0. The molecule has 18 heavy (non-hydrogen) atoms. The van der Waals surface area contributed by atoms with E-state index in [0.717, 1.165) is 18.8 Å². The fraction of sp³-hybridized carbons (Fsp3) is 0.500. The number of anilines is 1. The molecule has 0 N–H and O–H groups in total. The molecule has 2 rings (SSSR count). The molecule has 0 bridgehead atoms. The van der Waals surface area contributed by atoms with Crippen molar-refractivity contribution in [2.45, 2.75) is 13.0 Å². The van der Waals surface area contributed by atoms with Crippen molar-refractivity contribution in [3.8, 4) is 6.07 Å². The largest absolute Gasteiger partial charge is 0.369 e. The van der Waals surface area contributed by atoms with Crippen LogP contribution in [0.25, 0.3) is 0 Å². The summed E-state index contributed by atoms with van der Waals surface area (Å²) in [7, 11) is 4.21. The van der Waals surface area contributed by atoms with Crippen molar-refractivity contribution in [1.82, 2.24) is 4.90 Å². The van der Waals surface area contributed by atoms with E-state index in [2.05, 4.69) is 36.9 Å². The van der Waals surface area contributed by atoms with E-state index in [0.29, 0.717) is 22.5 Å². The molecule has 1 heterocycles. The van der Waals surface area contributed by atoms with Crippen LogP contribution in [0.15, 0.2) is 18.2 Å². The summed E-state index contributed by atoms with van der Waals surface area (Å²) in [4.78, 5) is 4.51. The lowest BCUT2D eigenvalue weighted by atomic mass is 10.1. The normalized spacial score (nSPS) is 23.4. The first-order valence-electron chi connectivity index (χ1n) is 6.14. The highest BCUT2D eigenvalue weighted by molar-refractivity contribution is 6.32. The van der Waals surface area contributed by atoms with Gasteiger partial charge in [0.05, 0.1) is 16.3 Å². The fourth-order valence-corrected chi connectivity index (χ4v) is 2.92. The first kappa shape index (κ1) is 13.2. The van der Waals surface area contributed by atoms with Crippen LogP contribution < -0.4 is 4.90 Å². The van der Waals surface area contributed by atoms with Gasteiger partial charge in [0.25, 0.3) is 0 Å². The van der Waals surface area contributed by atoms with Crippen molar-refractivity contribution in [3.63, 3.8) is 0 Å². The van der Waals surface area contributed by atoms with E-state index >= 15 is 0 Å². The molecule has 0 spiro atoms. The van der Waals surface area contributed by atoms with Crippen molar-refractivity contribution >= 4 is 17.3 Å². The molecule has 4 heteroatoms. The number of benzene rings is 1. The van der Waals surface area contributed by atoms with Gasteiger partial charge >= 0.3 is 0 Å². The molecule has 96 valence electrons. The van der Waals surface area contributed by atoms with Crippen LogP contribution in [0, 0.1) is 17.2 Å². The van der Waals surface area contributed by atoms with E-state index in [9.17, 15) is 5.26 Å². The Kier molecular flexibility index (Phi) is 3.79.